The molecule has 5 nitrogen and oxygen atoms in total. The van der Waals surface area contributed by atoms with Crippen molar-refractivity contribution >= 4 is 15.7 Å². The molecule has 1 aromatic heterocycles. The maximum atomic E-state index is 12.9. The molecule has 0 aliphatic carbocycles. The van der Waals surface area contributed by atoms with Crippen LogP contribution in [0.4, 0.5) is 0 Å². The van der Waals surface area contributed by atoms with Gasteiger partial charge in [-0.1, -0.05) is 18.2 Å². The third kappa shape index (κ3) is 2.45. The summed E-state index contributed by atoms with van der Waals surface area (Å²) >= 11 is 0. The Bertz CT molecular complexity index is 815. The summed E-state index contributed by atoms with van der Waals surface area (Å²) in [7, 11) is -3.35. The van der Waals surface area contributed by atoms with Gasteiger partial charge in [-0.3, -0.25) is 4.79 Å². The van der Waals surface area contributed by atoms with Gasteiger partial charge in [0.1, 0.15) is 6.26 Å². The number of carbonyl (C=O) groups excluding carboxylic acids is 1. The number of nitrogens with zero attached hydrogens (tertiary/aromatic N) is 1. The van der Waals surface area contributed by atoms with Crippen LogP contribution in [0.2, 0.25) is 0 Å². The average Bonchev–Trinajstić information content (AvgIpc) is 3.21. The number of carbonyl (C=O) groups is 1. The second-order valence-electron chi connectivity index (χ2n) is 6.56. The van der Waals surface area contributed by atoms with Gasteiger partial charge in [0.25, 0.3) is 5.91 Å². The molecular weight excluding hydrogens is 326 g/mol. The van der Waals surface area contributed by atoms with E-state index in [1.165, 1.54) is 12.5 Å². The maximum Gasteiger partial charge on any atom is 0.257 e. The lowest BCUT2D eigenvalue weighted by atomic mass is 10.0. The summed E-state index contributed by atoms with van der Waals surface area (Å²) < 4.78 is 30.8. The van der Waals surface area contributed by atoms with E-state index in [-0.39, 0.29) is 18.0 Å². The Labute approximate surface area is 141 Å². The average molecular weight is 345 g/mol. The van der Waals surface area contributed by atoms with Gasteiger partial charge in [0.15, 0.2) is 9.84 Å². The van der Waals surface area contributed by atoms with Crippen LogP contribution in [-0.2, 0) is 9.84 Å². The molecule has 24 heavy (non-hydrogen) atoms. The van der Waals surface area contributed by atoms with Crippen molar-refractivity contribution in [2.75, 3.05) is 0 Å². The van der Waals surface area contributed by atoms with Crippen LogP contribution >= 0.6 is 0 Å². The van der Waals surface area contributed by atoms with Crippen molar-refractivity contribution in [3.05, 3.63) is 54.5 Å². The highest BCUT2D eigenvalue weighted by Gasteiger charge is 2.47. The van der Waals surface area contributed by atoms with Crippen LogP contribution in [0.5, 0.6) is 0 Å². The molecule has 1 amide bonds. The second-order valence-corrected chi connectivity index (χ2v) is 8.79. The maximum absolute atomic E-state index is 12.9. The van der Waals surface area contributed by atoms with Gasteiger partial charge in [-0.2, -0.15) is 0 Å². The molecule has 3 heterocycles. The molecule has 0 saturated carbocycles. The monoisotopic (exact) mass is 345 g/mol. The second kappa shape index (κ2) is 5.77. The molecular formula is C18H19NO4S. The summed E-state index contributed by atoms with van der Waals surface area (Å²) in [6.07, 6.45) is 5.70. The predicted molar refractivity (Wildman–Crippen MR) is 88.3 cm³/mol. The van der Waals surface area contributed by atoms with Gasteiger partial charge in [-0.15, -0.1) is 0 Å². The molecule has 2 atom stereocenters. The predicted octanol–water partition coefficient (Wildman–Crippen LogP) is 2.89. The minimum Gasteiger partial charge on any atom is -0.472 e. The Morgan fingerprint density at radius 3 is 2.29 bits per heavy atom. The summed E-state index contributed by atoms with van der Waals surface area (Å²) in [5.74, 6) is -0.0493. The third-order valence-electron chi connectivity index (χ3n) is 5.20. The van der Waals surface area contributed by atoms with E-state index in [1.54, 1.807) is 30.3 Å². The SMILES string of the molecule is O=C(c1ccoc1)N1[C@@H]2CC[C@@H]1CC(S(=O)(=O)c1ccccc1)C2. The molecule has 2 bridgehead atoms. The van der Waals surface area contributed by atoms with E-state index in [0.29, 0.717) is 23.3 Å². The van der Waals surface area contributed by atoms with Crippen molar-refractivity contribution in [3.8, 4) is 0 Å². The summed E-state index contributed by atoms with van der Waals surface area (Å²) in [6, 6.07) is 10.3. The highest BCUT2D eigenvalue weighted by atomic mass is 32.2. The largest absolute Gasteiger partial charge is 0.472 e. The van der Waals surface area contributed by atoms with Gasteiger partial charge in [0, 0.05) is 12.1 Å². The van der Waals surface area contributed by atoms with Gasteiger partial charge in [0.2, 0.25) is 0 Å². The van der Waals surface area contributed by atoms with Crippen molar-refractivity contribution in [3.63, 3.8) is 0 Å². The first-order valence-electron chi connectivity index (χ1n) is 8.21. The molecule has 4 rings (SSSR count). The normalized spacial score (nSPS) is 26.5. The first-order valence-corrected chi connectivity index (χ1v) is 9.76. The molecule has 2 saturated heterocycles. The van der Waals surface area contributed by atoms with Gasteiger partial charge >= 0.3 is 0 Å². The lowest BCUT2D eigenvalue weighted by Gasteiger charge is -2.38. The van der Waals surface area contributed by atoms with E-state index in [1.807, 2.05) is 11.0 Å². The van der Waals surface area contributed by atoms with Crippen molar-refractivity contribution in [1.82, 2.24) is 4.90 Å². The molecule has 6 heteroatoms. The highest BCUT2D eigenvalue weighted by Crippen LogP contribution is 2.40. The number of amides is 1. The number of rotatable bonds is 3. The standard InChI is InChI=1S/C18H19NO4S/c20-18(13-8-9-23-12-13)19-14-6-7-15(19)11-17(10-14)24(21,22)16-4-2-1-3-5-16/h1-5,8-9,12,14-15,17H,6-7,10-11H2/t14-,15-/m1/s1. The van der Waals surface area contributed by atoms with Crippen LogP contribution in [0.3, 0.4) is 0 Å². The topological polar surface area (TPSA) is 67.6 Å². The van der Waals surface area contributed by atoms with E-state index in [9.17, 15) is 13.2 Å². The number of piperidine rings is 1. The van der Waals surface area contributed by atoms with E-state index < -0.39 is 15.1 Å². The van der Waals surface area contributed by atoms with Gasteiger partial charge in [-0.25, -0.2) is 8.42 Å². The number of benzene rings is 1. The van der Waals surface area contributed by atoms with Gasteiger partial charge in [0.05, 0.1) is 22.0 Å². The quantitative estimate of drug-likeness (QED) is 0.858. The van der Waals surface area contributed by atoms with Crippen LogP contribution < -0.4 is 0 Å². The Balaban J connectivity index is 1.58. The summed E-state index contributed by atoms with van der Waals surface area (Å²) in [4.78, 5) is 14.9. The summed E-state index contributed by atoms with van der Waals surface area (Å²) in [5, 5.41) is -0.411. The van der Waals surface area contributed by atoms with E-state index in [2.05, 4.69) is 0 Å². The molecule has 2 aliphatic rings. The Morgan fingerprint density at radius 2 is 1.71 bits per heavy atom. The van der Waals surface area contributed by atoms with E-state index in [4.69, 9.17) is 4.42 Å². The zero-order chi connectivity index (χ0) is 16.7. The molecule has 0 unspecified atom stereocenters. The fourth-order valence-electron chi connectivity index (χ4n) is 4.05. The van der Waals surface area contributed by atoms with Gasteiger partial charge < -0.3 is 9.32 Å². The Hall–Kier alpha value is -2.08. The number of furan rings is 1. The molecule has 0 spiro atoms. The molecule has 126 valence electrons. The fraction of sp³-hybridized carbons (Fsp3) is 0.389. The van der Waals surface area contributed by atoms with E-state index >= 15 is 0 Å². The first kappa shape index (κ1) is 15.4. The van der Waals surface area contributed by atoms with Crippen molar-refractivity contribution in [1.29, 1.82) is 0 Å². The van der Waals surface area contributed by atoms with Crippen molar-refractivity contribution in [2.24, 2.45) is 0 Å². The molecule has 1 aromatic carbocycles. The zero-order valence-electron chi connectivity index (χ0n) is 13.2. The fourth-order valence-corrected chi connectivity index (χ4v) is 5.92. The minimum atomic E-state index is -3.35. The van der Waals surface area contributed by atoms with Gasteiger partial charge in [-0.05, 0) is 43.9 Å². The number of hydrogen-bond donors (Lipinski definition) is 0. The Morgan fingerprint density at radius 1 is 1.04 bits per heavy atom. The molecule has 2 fully saturated rings. The zero-order valence-corrected chi connectivity index (χ0v) is 14.0. The molecule has 0 radical (unpaired) electrons. The summed E-state index contributed by atoms with van der Waals surface area (Å²) in [5.41, 5.74) is 0.538. The molecule has 2 aliphatic heterocycles. The van der Waals surface area contributed by atoms with Crippen molar-refractivity contribution in [2.45, 2.75) is 47.9 Å². The van der Waals surface area contributed by atoms with Crippen LogP contribution in [0, 0.1) is 0 Å². The number of fused-ring (bicyclic) bond motifs is 2. The Kier molecular flexibility index (Phi) is 3.72. The first-order chi connectivity index (χ1) is 11.6. The van der Waals surface area contributed by atoms with E-state index in [0.717, 1.165) is 12.8 Å². The lowest BCUT2D eigenvalue weighted by Crippen LogP contribution is -2.49. The van der Waals surface area contributed by atoms with Crippen molar-refractivity contribution < 1.29 is 17.6 Å². The molecule has 2 aromatic rings. The van der Waals surface area contributed by atoms with Crippen LogP contribution in [0.1, 0.15) is 36.0 Å². The van der Waals surface area contributed by atoms with Crippen LogP contribution in [0.25, 0.3) is 0 Å². The smallest absolute Gasteiger partial charge is 0.257 e. The molecule has 0 N–H and O–H groups in total. The van der Waals surface area contributed by atoms with Crippen LogP contribution in [-0.4, -0.2) is 36.6 Å². The third-order valence-corrected chi connectivity index (χ3v) is 7.39. The number of sulfone groups is 1. The highest BCUT2D eigenvalue weighted by molar-refractivity contribution is 7.92. The van der Waals surface area contributed by atoms with Crippen LogP contribution in [0.15, 0.2) is 58.2 Å². The minimum absolute atomic E-state index is 0.00497. The summed E-state index contributed by atoms with van der Waals surface area (Å²) in [6.45, 7) is 0. The number of hydrogen-bond acceptors (Lipinski definition) is 4. The lowest BCUT2D eigenvalue weighted by molar-refractivity contribution is 0.0597.